The van der Waals surface area contributed by atoms with Crippen LogP contribution in [0.25, 0.3) is 0 Å². The molecular formula is C20H19NO2S2. The van der Waals surface area contributed by atoms with E-state index in [9.17, 15) is 4.79 Å². The minimum Gasteiger partial charge on any atom is -0.497 e. The molecule has 128 valence electrons. The quantitative estimate of drug-likeness (QED) is 0.597. The number of thioether (sulfide) groups is 1. The fraction of sp³-hybridized carbons (Fsp3) is 0.150. The monoisotopic (exact) mass is 369 g/mol. The molecule has 1 heterocycles. The van der Waals surface area contributed by atoms with Crippen molar-refractivity contribution in [3.63, 3.8) is 0 Å². The smallest absolute Gasteiger partial charge is 0.252 e. The number of carbonyl (C=O) groups is 1. The number of hydrogen-bond acceptors (Lipinski definition) is 4. The Kier molecular flexibility index (Phi) is 6.14. The summed E-state index contributed by atoms with van der Waals surface area (Å²) < 4.78 is 5.15. The predicted molar refractivity (Wildman–Crippen MR) is 104 cm³/mol. The van der Waals surface area contributed by atoms with Crippen LogP contribution < -0.4 is 10.1 Å². The lowest BCUT2D eigenvalue weighted by molar-refractivity contribution is 0.0948. The van der Waals surface area contributed by atoms with Gasteiger partial charge >= 0.3 is 0 Å². The number of carbonyl (C=O) groups excluding carboxylic acids is 1. The number of amides is 1. The Morgan fingerprint density at radius 3 is 2.60 bits per heavy atom. The van der Waals surface area contributed by atoms with Gasteiger partial charge in [0, 0.05) is 17.2 Å². The summed E-state index contributed by atoms with van der Waals surface area (Å²) in [5.74, 6) is 1.63. The molecular weight excluding hydrogens is 350 g/mol. The zero-order valence-electron chi connectivity index (χ0n) is 13.9. The van der Waals surface area contributed by atoms with Gasteiger partial charge in [-0.05, 0) is 52.2 Å². The van der Waals surface area contributed by atoms with Gasteiger partial charge in [0.2, 0.25) is 0 Å². The Morgan fingerprint density at radius 2 is 1.88 bits per heavy atom. The molecule has 0 bridgehead atoms. The highest BCUT2D eigenvalue weighted by Crippen LogP contribution is 2.27. The van der Waals surface area contributed by atoms with Crippen molar-refractivity contribution in [3.8, 4) is 5.75 Å². The number of hydrogen-bond donors (Lipinski definition) is 1. The summed E-state index contributed by atoms with van der Waals surface area (Å²) in [5, 5.41) is 7.21. The molecule has 0 aliphatic heterocycles. The highest BCUT2D eigenvalue weighted by atomic mass is 32.2. The molecule has 1 aromatic heterocycles. The molecule has 25 heavy (non-hydrogen) atoms. The van der Waals surface area contributed by atoms with Gasteiger partial charge in [-0.1, -0.05) is 24.3 Å². The van der Waals surface area contributed by atoms with Gasteiger partial charge < -0.3 is 10.1 Å². The van der Waals surface area contributed by atoms with Crippen molar-refractivity contribution < 1.29 is 9.53 Å². The molecule has 0 unspecified atom stereocenters. The Balaban J connectivity index is 1.62. The number of nitrogens with one attached hydrogen (secondary N) is 1. The third-order valence-electron chi connectivity index (χ3n) is 3.72. The van der Waals surface area contributed by atoms with Crippen molar-refractivity contribution in [2.24, 2.45) is 0 Å². The molecule has 3 rings (SSSR count). The number of ether oxygens (including phenoxy) is 1. The van der Waals surface area contributed by atoms with Gasteiger partial charge in [0.15, 0.2) is 0 Å². The van der Waals surface area contributed by atoms with E-state index in [2.05, 4.69) is 22.1 Å². The van der Waals surface area contributed by atoms with Crippen molar-refractivity contribution in [2.45, 2.75) is 17.2 Å². The average molecular weight is 370 g/mol. The maximum atomic E-state index is 12.6. The number of methoxy groups -OCH3 is 1. The lowest BCUT2D eigenvalue weighted by atomic mass is 10.2. The van der Waals surface area contributed by atoms with E-state index in [1.165, 1.54) is 5.56 Å². The summed E-state index contributed by atoms with van der Waals surface area (Å²) in [6.07, 6.45) is 0. The second-order valence-corrected chi connectivity index (χ2v) is 7.24. The highest BCUT2D eigenvalue weighted by molar-refractivity contribution is 7.98. The van der Waals surface area contributed by atoms with Crippen LogP contribution in [0.3, 0.4) is 0 Å². The molecule has 0 saturated carbocycles. The maximum absolute atomic E-state index is 12.6. The predicted octanol–water partition coefficient (Wildman–Crippen LogP) is 4.98. The molecule has 2 aromatic carbocycles. The molecule has 0 aliphatic rings. The van der Waals surface area contributed by atoms with Gasteiger partial charge in [0.1, 0.15) is 5.75 Å². The molecule has 0 atom stereocenters. The normalized spacial score (nSPS) is 10.4. The second-order valence-electron chi connectivity index (χ2n) is 5.45. The van der Waals surface area contributed by atoms with Crippen LogP contribution in [0.4, 0.5) is 0 Å². The first-order valence-corrected chi connectivity index (χ1v) is 9.83. The summed E-state index contributed by atoms with van der Waals surface area (Å²) >= 11 is 3.38. The van der Waals surface area contributed by atoms with Crippen molar-refractivity contribution in [1.82, 2.24) is 5.32 Å². The lowest BCUT2D eigenvalue weighted by Crippen LogP contribution is -2.23. The molecule has 5 heteroatoms. The molecule has 1 N–H and O–H groups in total. The maximum Gasteiger partial charge on any atom is 0.252 e. The summed E-state index contributed by atoms with van der Waals surface area (Å²) in [5.41, 5.74) is 3.04. The van der Waals surface area contributed by atoms with E-state index in [1.807, 2.05) is 48.5 Å². The van der Waals surface area contributed by atoms with E-state index in [1.54, 1.807) is 30.2 Å². The minimum atomic E-state index is -0.0516. The fourth-order valence-corrected chi connectivity index (χ4v) is 4.10. The fourth-order valence-electron chi connectivity index (χ4n) is 2.34. The van der Waals surface area contributed by atoms with Crippen molar-refractivity contribution in [1.29, 1.82) is 0 Å². The van der Waals surface area contributed by atoms with Crippen LogP contribution >= 0.6 is 23.1 Å². The Labute approximate surface area is 156 Å². The van der Waals surface area contributed by atoms with E-state index in [-0.39, 0.29) is 5.91 Å². The zero-order chi connectivity index (χ0) is 17.5. The van der Waals surface area contributed by atoms with E-state index < -0.39 is 0 Å². The summed E-state index contributed by atoms with van der Waals surface area (Å²) in [4.78, 5) is 13.6. The topological polar surface area (TPSA) is 38.3 Å². The summed E-state index contributed by atoms with van der Waals surface area (Å²) in [6, 6.07) is 17.6. The van der Waals surface area contributed by atoms with Crippen LogP contribution in [0.5, 0.6) is 5.75 Å². The van der Waals surface area contributed by atoms with Crippen molar-refractivity contribution >= 4 is 29.0 Å². The lowest BCUT2D eigenvalue weighted by Gasteiger charge is -2.10. The van der Waals surface area contributed by atoms with Crippen LogP contribution in [0.15, 0.2) is 70.3 Å². The number of thiophene rings is 1. The van der Waals surface area contributed by atoms with E-state index in [0.29, 0.717) is 6.54 Å². The molecule has 0 saturated heterocycles. The molecule has 0 aliphatic carbocycles. The van der Waals surface area contributed by atoms with Gasteiger partial charge in [-0.25, -0.2) is 0 Å². The van der Waals surface area contributed by atoms with Crippen molar-refractivity contribution in [2.75, 3.05) is 7.11 Å². The van der Waals surface area contributed by atoms with E-state index in [4.69, 9.17) is 4.74 Å². The number of benzene rings is 2. The molecule has 0 radical (unpaired) electrons. The van der Waals surface area contributed by atoms with E-state index in [0.717, 1.165) is 27.5 Å². The van der Waals surface area contributed by atoms with Gasteiger partial charge in [-0.15, -0.1) is 11.8 Å². The third-order valence-corrected chi connectivity index (χ3v) is 5.59. The molecule has 1 amide bonds. The third kappa shape index (κ3) is 4.87. The number of rotatable bonds is 7. The van der Waals surface area contributed by atoms with Crippen LogP contribution in [-0.4, -0.2) is 13.0 Å². The Hall–Kier alpha value is -2.24. The molecule has 0 fully saturated rings. The summed E-state index contributed by atoms with van der Waals surface area (Å²) in [6.45, 7) is 0.492. The van der Waals surface area contributed by atoms with Gasteiger partial charge in [-0.3, -0.25) is 4.79 Å². The standard InChI is InChI=1S/C20H19NO2S2/c1-23-17-8-6-15(7-9-17)12-21-20(22)18-4-2-3-5-19(18)25-14-16-10-11-24-13-16/h2-11,13H,12,14H2,1H3,(H,21,22). The Morgan fingerprint density at radius 1 is 1.08 bits per heavy atom. The first kappa shape index (κ1) is 17.6. The molecule has 3 nitrogen and oxygen atoms in total. The first-order valence-electron chi connectivity index (χ1n) is 7.90. The van der Waals surface area contributed by atoms with Crippen LogP contribution in [-0.2, 0) is 12.3 Å². The SMILES string of the molecule is COc1ccc(CNC(=O)c2ccccc2SCc2ccsc2)cc1. The van der Waals surface area contributed by atoms with E-state index >= 15 is 0 Å². The van der Waals surface area contributed by atoms with Gasteiger partial charge in [0.05, 0.1) is 12.7 Å². The van der Waals surface area contributed by atoms with Gasteiger partial charge in [0.25, 0.3) is 5.91 Å². The summed E-state index contributed by atoms with van der Waals surface area (Å²) in [7, 11) is 1.64. The van der Waals surface area contributed by atoms with Gasteiger partial charge in [-0.2, -0.15) is 11.3 Å². The minimum absolute atomic E-state index is 0.0516. The second kappa shape index (κ2) is 8.74. The average Bonchev–Trinajstić information content (AvgIpc) is 3.18. The van der Waals surface area contributed by atoms with Crippen LogP contribution in [0, 0.1) is 0 Å². The van der Waals surface area contributed by atoms with Crippen LogP contribution in [0.2, 0.25) is 0 Å². The zero-order valence-corrected chi connectivity index (χ0v) is 15.5. The van der Waals surface area contributed by atoms with Crippen LogP contribution in [0.1, 0.15) is 21.5 Å². The highest BCUT2D eigenvalue weighted by Gasteiger charge is 2.11. The largest absolute Gasteiger partial charge is 0.497 e. The Bertz CT molecular complexity index is 814. The molecule has 3 aromatic rings. The molecule has 0 spiro atoms. The first-order chi connectivity index (χ1) is 12.3. The van der Waals surface area contributed by atoms with Crippen molar-refractivity contribution in [3.05, 3.63) is 82.0 Å².